The van der Waals surface area contributed by atoms with Crippen LogP contribution in [0.4, 0.5) is 4.79 Å². The van der Waals surface area contributed by atoms with Gasteiger partial charge in [0.2, 0.25) is 0 Å². The molecule has 1 aromatic rings. The van der Waals surface area contributed by atoms with Crippen LogP contribution < -0.4 is 10.6 Å². The first-order valence-electron chi connectivity index (χ1n) is 7.51. The van der Waals surface area contributed by atoms with Gasteiger partial charge in [-0.05, 0) is 43.2 Å². The monoisotopic (exact) mass is 272 g/mol. The minimum atomic E-state index is -0.118. The Morgan fingerprint density at radius 3 is 2.80 bits per heavy atom. The van der Waals surface area contributed by atoms with Crippen LogP contribution in [0.3, 0.4) is 0 Å². The lowest BCUT2D eigenvalue weighted by atomic mass is 10.1. The largest absolute Gasteiger partial charge is 0.338 e. The molecule has 20 heavy (non-hydrogen) atoms. The van der Waals surface area contributed by atoms with Crippen molar-refractivity contribution in [2.75, 3.05) is 6.54 Å². The number of rotatable bonds is 5. The second-order valence-corrected chi connectivity index (χ2v) is 5.48. The molecule has 0 bridgehead atoms. The first kappa shape index (κ1) is 14.6. The maximum Gasteiger partial charge on any atom is 0.318 e. The normalized spacial score (nSPS) is 15.7. The molecule has 3 heteroatoms. The van der Waals surface area contributed by atoms with Crippen molar-refractivity contribution in [3.8, 4) is 0 Å². The van der Waals surface area contributed by atoms with Crippen LogP contribution in [0.1, 0.15) is 36.8 Å². The molecular formula is C17H24N2O. The SMILES string of the molecule is Cc1ccccc1CCNC(=O)N/C=C/C1CCCC1. The van der Waals surface area contributed by atoms with Crippen LogP contribution in [0.15, 0.2) is 36.5 Å². The molecule has 2 rings (SSSR count). The third-order valence-corrected chi connectivity index (χ3v) is 3.92. The molecule has 3 nitrogen and oxygen atoms in total. The van der Waals surface area contributed by atoms with Crippen LogP contribution in [-0.4, -0.2) is 12.6 Å². The van der Waals surface area contributed by atoms with Crippen molar-refractivity contribution in [3.05, 3.63) is 47.7 Å². The van der Waals surface area contributed by atoms with E-state index in [4.69, 9.17) is 0 Å². The third kappa shape index (κ3) is 4.72. The van der Waals surface area contributed by atoms with Crippen molar-refractivity contribution >= 4 is 6.03 Å². The fraction of sp³-hybridized carbons (Fsp3) is 0.471. The molecule has 1 saturated carbocycles. The zero-order valence-corrected chi connectivity index (χ0v) is 12.2. The summed E-state index contributed by atoms with van der Waals surface area (Å²) in [4.78, 5) is 11.6. The van der Waals surface area contributed by atoms with Crippen LogP contribution in [0.2, 0.25) is 0 Å². The Morgan fingerprint density at radius 2 is 2.05 bits per heavy atom. The van der Waals surface area contributed by atoms with E-state index in [0.29, 0.717) is 12.5 Å². The number of amides is 2. The van der Waals surface area contributed by atoms with E-state index in [-0.39, 0.29) is 6.03 Å². The van der Waals surface area contributed by atoms with Crippen molar-refractivity contribution in [2.45, 2.75) is 39.0 Å². The minimum Gasteiger partial charge on any atom is -0.338 e. The summed E-state index contributed by atoms with van der Waals surface area (Å²) in [7, 11) is 0. The van der Waals surface area contributed by atoms with E-state index in [9.17, 15) is 4.79 Å². The van der Waals surface area contributed by atoms with Gasteiger partial charge < -0.3 is 10.6 Å². The van der Waals surface area contributed by atoms with E-state index >= 15 is 0 Å². The van der Waals surface area contributed by atoms with Crippen LogP contribution in [0, 0.1) is 12.8 Å². The van der Waals surface area contributed by atoms with Crippen molar-refractivity contribution in [1.29, 1.82) is 0 Å². The van der Waals surface area contributed by atoms with E-state index in [1.807, 2.05) is 12.1 Å². The first-order valence-corrected chi connectivity index (χ1v) is 7.51. The number of carbonyl (C=O) groups excluding carboxylic acids is 1. The summed E-state index contributed by atoms with van der Waals surface area (Å²) in [5.74, 6) is 0.655. The van der Waals surface area contributed by atoms with E-state index < -0.39 is 0 Å². The van der Waals surface area contributed by atoms with Gasteiger partial charge in [-0.15, -0.1) is 0 Å². The van der Waals surface area contributed by atoms with E-state index in [1.165, 1.54) is 36.8 Å². The molecule has 108 valence electrons. The fourth-order valence-electron chi connectivity index (χ4n) is 2.66. The maximum atomic E-state index is 11.6. The van der Waals surface area contributed by atoms with Crippen molar-refractivity contribution < 1.29 is 4.79 Å². The number of allylic oxidation sites excluding steroid dienone is 1. The highest BCUT2D eigenvalue weighted by atomic mass is 16.2. The minimum absolute atomic E-state index is 0.118. The van der Waals surface area contributed by atoms with Gasteiger partial charge in [0.05, 0.1) is 0 Å². The Kier molecular flexibility index (Phi) is 5.66. The van der Waals surface area contributed by atoms with Gasteiger partial charge in [-0.1, -0.05) is 43.2 Å². The second-order valence-electron chi connectivity index (χ2n) is 5.48. The van der Waals surface area contributed by atoms with E-state index in [0.717, 1.165) is 6.42 Å². The number of aryl methyl sites for hydroxylation is 1. The van der Waals surface area contributed by atoms with E-state index in [2.05, 4.69) is 35.8 Å². The zero-order chi connectivity index (χ0) is 14.2. The Morgan fingerprint density at radius 1 is 1.30 bits per heavy atom. The Labute approximate surface area is 121 Å². The van der Waals surface area contributed by atoms with Crippen LogP contribution in [-0.2, 0) is 6.42 Å². The summed E-state index contributed by atoms with van der Waals surface area (Å²) < 4.78 is 0. The van der Waals surface area contributed by atoms with Crippen LogP contribution in [0.5, 0.6) is 0 Å². The molecule has 0 saturated heterocycles. The van der Waals surface area contributed by atoms with Gasteiger partial charge in [0.1, 0.15) is 0 Å². The second kappa shape index (κ2) is 7.73. The van der Waals surface area contributed by atoms with Crippen molar-refractivity contribution in [3.63, 3.8) is 0 Å². The number of urea groups is 1. The van der Waals surface area contributed by atoms with Crippen molar-refractivity contribution in [1.82, 2.24) is 10.6 Å². The van der Waals surface area contributed by atoms with Gasteiger partial charge in [0, 0.05) is 12.7 Å². The van der Waals surface area contributed by atoms with Gasteiger partial charge >= 0.3 is 6.03 Å². The van der Waals surface area contributed by atoms with Crippen LogP contribution >= 0.6 is 0 Å². The summed E-state index contributed by atoms with van der Waals surface area (Å²) in [5, 5.41) is 5.66. The van der Waals surface area contributed by atoms with Crippen LogP contribution in [0.25, 0.3) is 0 Å². The molecule has 2 amide bonds. The summed E-state index contributed by atoms with van der Waals surface area (Å²) in [6, 6.07) is 8.15. The average Bonchev–Trinajstić information content (AvgIpc) is 2.94. The number of hydrogen-bond acceptors (Lipinski definition) is 1. The predicted octanol–water partition coefficient (Wildman–Crippen LogP) is 3.54. The standard InChI is InChI=1S/C17H24N2O/c1-14-6-2-5-9-16(14)11-13-19-17(20)18-12-10-15-7-3-4-8-15/h2,5-6,9-10,12,15H,3-4,7-8,11,13H2,1H3,(H2,18,19,20)/b12-10+. The fourth-order valence-corrected chi connectivity index (χ4v) is 2.66. The first-order chi connectivity index (χ1) is 9.75. The summed E-state index contributed by atoms with van der Waals surface area (Å²) in [6.07, 6.45) is 9.93. The number of benzene rings is 1. The summed E-state index contributed by atoms with van der Waals surface area (Å²) in [6.45, 7) is 2.76. The van der Waals surface area contributed by atoms with E-state index in [1.54, 1.807) is 6.20 Å². The third-order valence-electron chi connectivity index (χ3n) is 3.92. The molecule has 0 radical (unpaired) electrons. The molecule has 1 aliphatic carbocycles. The lowest BCUT2D eigenvalue weighted by molar-refractivity contribution is 0.244. The van der Waals surface area contributed by atoms with Gasteiger partial charge in [0.15, 0.2) is 0 Å². The summed E-state index contributed by atoms with van der Waals surface area (Å²) in [5.41, 5.74) is 2.56. The lowest BCUT2D eigenvalue weighted by Gasteiger charge is -2.07. The Bertz CT molecular complexity index is 462. The molecule has 0 unspecified atom stereocenters. The Balaban J connectivity index is 1.64. The Hall–Kier alpha value is -1.77. The number of hydrogen-bond donors (Lipinski definition) is 2. The molecule has 0 heterocycles. The van der Waals surface area contributed by atoms with Gasteiger partial charge in [-0.2, -0.15) is 0 Å². The smallest absolute Gasteiger partial charge is 0.318 e. The van der Waals surface area contributed by atoms with Gasteiger partial charge in [-0.25, -0.2) is 4.79 Å². The van der Waals surface area contributed by atoms with Gasteiger partial charge in [0.25, 0.3) is 0 Å². The van der Waals surface area contributed by atoms with Gasteiger partial charge in [-0.3, -0.25) is 0 Å². The molecular weight excluding hydrogens is 248 g/mol. The molecule has 2 N–H and O–H groups in total. The summed E-state index contributed by atoms with van der Waals surface area (Å²) >= 11 is 0. The number of nitrogens with one attached hydrogen (secondary N) is 2. The zero-order valence-electron chi connectivity index (χ0n) is 12.2. The highest BCUT2D eigenvalue weighted by molar-refractivity contribution is 5.74. The highest BCUT2D eigenvalue weighted by Gasteiger charge is 2.11. The molecule has 1 aliphatic rings. The average molecular weight is 272 g/mol. The molecule has 0 atom stereocenters. The molecule has 0 aromatic heterocycles. The molecule has 1 aromatic carbocycles. The highest BCUT2D eigenvalue weighted by Crippen LogP contribution is 2.25. The quantitative estimate of drug-likeness (QED) is 0.845. The predicted molar refractivity (Wildman–Crippen MR) is 82.5 cm³/mol. The molecule has 1 fully saturated rings. The van der Waals surface area contributed by atoms with Crippen molar-refractivity contribution in [2.24, 2.45) is 5.92 Å². The maximum absolute atomic E-state index is 11.6. The topological polar surface area (TPSA) is 41.1 Å². The lowest BCUT2D eigenvalue weighted by Crippen LogP contribution is -2.33. The number of carbonyl (C=O) groups is 1. The molecule has 0 spiro atoms. The molecule has 0 aliphatic heterocycles.